The molecule has 5 rings (SSSR count). The molecule has 6 heteroatoms. The number of anilines is 1. The molecule has 0 radical (unpaired) electrons. The number of nitrogens with one attached hydrogen (secondary N) is 2. The molecule has 0 bridgehead atoms. The number of ether oxygens (including phenoxy) is 2. The molecule has 0 fully saturated rings. The highest BCUT2D eigenvalue weighted by molar-refractivity contribution is 6.02. The minimum Gasteiger partial charge on any atom is -0.456 e. The maximum absolute atomic E-state index is 12.7. The zero-order valence-corrected chi connectivity index (χ0v) is 20.7. The zero-order valence-electron chi connectivity index (χ0n) is 20.7. The Hall–Kier alpha value is -4.29. The second-order valence-corrected chi connectivity index (χ2v) is 9.02. The Morgan fingerprint density at radius 1 is 0.919 bits per heavy atom. The number of hydrogen-bond donors (Lipinski definition) is 2. The third-order valence-corrected chi connectivity index (χ3v) is 6.43. The van der Waals surface area contributed by atoms with E-state index < -0.39 is 0 Å². The number of rotatable bonds is 10. The van der Waals surface area contributed by atoms with E-state index in [1.807, 2.05) is 66.7 Å². The van der Waals surface area contributed by atoms with Crippen molar-refractivity contribution in [2.24, 2.45) is 0 Å². The minimum atomic E-state index is -0.269. The van der Waals surface area contributed by atoms with Gasteiger partial charge in [0.15, 0.2) is 17.3 Å². The van der Waals surface area contributed by atoms with Crippen molar-refractivity contribution < 1.29 is 18.7 Å². The van der Waals surface area contributed by atoms with Gasteiger partial charge in [-0.25, -0.2) is 0 Å². The van der Waals surface area contributed by atoms with Crippen LogP contribution in [0.1, 0.15) is 40.3 Å². The smallest absolute Gasteiger partial charge is 0.291 e. The van der Waals surface area contributed by atoms with Crippen molar-refractivity contribution in [3.05, 3.63) is 120 Å². The van der Waals surface area contributed by atoms with Crippen LogP contribution in [0.5, 0.6) is 11.5 Å². The van der Waals surface area contributed by atoms with E-state index >= 15 is 0 Å². The predicted octanol–water partition coefficient (Wildman–Crippen LogP) is 6.28. The van der Waals surface area contributed by atoms with Crippen LogP contribution in [0.3, 0.4) is 0 Å². The van der Waals surface area contributed by atoms with E-state index in [9.17, 15) is 4.79 Å². The fraction of sp³-hybridized carbons (Fsp3) is 0.194. The third kappa shape index (κ3) is 6.29. The second-order valence-electron chi connectivity index (χ2n) is 9.02. The van der Waals surface area contributed by atoms with Gasteiger partial charge in [-0.05, 0) is 54.4 Å². The van der Waals surface area contributed by atoms with Crippen LogP contribution in [0.15, 0.2) is 101 Å². The Morgan fingerprint density at radius 2 is 1.68 bits per heavy atom. The summed E-state index contributed by atoms with van der Waals surface area (Å²) in [6.07, 6.45) is 4.86. The number of fused-ring (bicyclic) bond motifs is 1. The number of carbonyl (C=O) groups is 1. The lowest BCUT2D eigenvalue weighted by molar-refractivity contribution is 0.0994. The summed E-state index contributed by atoms with van der Waals surface area (Å²) in [6, 6.07) is 29.4. The molecule has 0 aliphatic carbocycles. The van der Waals surface area contributed by atoms with Gasteiger partial charge in [-0.2, -0.15) is 0 Å². The van der Waals surface area contributed by atoms with Crippen molar-refractivity contribution in [2.75, 3.05) is 18.7 Å². The highest BCUT2D eigenvalue weighted by atomic mass is 16.7. The molecule has 0 saturated heterocycles. The van der Waals surface area contributed by atoms with Gasteiger partial charge in [0, 0.05) is 30.6 Å². The number of amides is 1. The average molecular weight is 495 g/mol. The van der Waals surface area contributed by atoms with Gasteiger partial charge in [0.25, 0.3) is 5.91 Å². The van der Waals surface area contributed by atoms with Crippen molar-refractivity contribution in [2.45, 2.75) is 25.3 Å². The van der Waals surface area contributed by atoms with Gasteiger partial charge in [-0.1, -0.05) is 66.7 Å². The molecular weight excluding hydrogens is 464 g/mol. The Labute approximate surface area is 216 Å². The first-order chi connectivity index (χ1) is 18.2. The summed E-state index contributed by atoms with van der Waals surface area (Å²) >= 11 is 0. The molecule has 6 nitrogen and oxygen atoms in total. The molecular formula is C31H30N2O4. The van der Waals surface area contributed by atoms with Crippen LogP contribution < -0.4 is 20.1 Å². The molecule has 1 aromatic heterocycles. The molecule has 0 spiro atoms. The van der Waals surface area contributed by atoms with Gasteiger partial charge < -0.3 is 24.5 Å². The number of benzene rings is 3. The standard InChI is InChI=1S/C31H30N2O4/c1-22(32-18-8-11-23-9-4-2-5-10-23)27(24-14-16-28-30(19-24)36-21-35-28)20-26-15-17-29(37-26)31(34)33-25-12-6-3-7-13-25/h2-17,19,22,27,32H,18,20-21H2,1H3,(H,33,34). The number of hydrogen-bond acceptors (Lipinski definition) is 5. The molecule has 0 saturated carbocycles. The van der Waals surface area contributed by atoms with E-state index in [0.717, 1.165) is 35.1 Å². The Balaban J connectivity index is 1.29. The Kier molecular flexibility index (Phi) is 7.67. The summed E-state index contributed by atoms with van der Waals surface area (Å²) in [6.45, 7) is 3.12. The molecule has 2 N–H and O–H groups in total. The van der Waals surface area contributed by atoms with Crippen molar-refractivity contribution in [1.82, 2.24) is 5.32 Å². The summed E-state index contributed by atoms with van der Waals surface area (Å²) in [4.78, 5) is 12.7. The van der Waals surface area contributed by atoms with Gasteiger partial charge >= 0.3 is 0 Å². The van der Waals surface area contributed by atoms with E-state index in [1.165, 1.54) is 5.56 Å². The fourth-order valence-electron chi connectivity index (χ4n) is 4.42. The van der Waals surface area contributed by atoms with E-state index in [4.69, 9.17) is 13.9 Å². The molecule has 37 heavy (non-hydrogen) atoms. The lowest BCUT2D eigenvalue weighted by atomic mass is 9.88. The van der Waals surface area contributed by atoms with Crippen molar-refractivity contribution in [3.8, 4) is 11.5 Å². The molecule has 188 valence electrons. The van der Waals surface area contributed by atoms with E-state index in [-0.39, 0.29) is 30.4 Å². The van der Waals surface area contributed by atoms with Crippen LogP contribution in [-0.2, 0) is 6.42 Å². The highest BCUT2D eigenvalue weighted by Crippen LogP contribution is 2.36. The summed E-state index contributed by atoms with van der Waals surface area (Å²) < 4.78 is 17.1. The topological polar surface area (TPSA) is 72.7 Å². The van der Waals surface area contributed by atoms with E-state index in [0.29, 0.717) is 6.42 Å². The van der Waals surface area contributed by atoms with Gasteiger partial charge in [0.05, 0.1) is 0 Å². The number of furan rings is 1. The number of carbonyl (C=O) groups excluding carboxylic acids is 1. The largest absolute Gasteiger partial charge is 0.456 e. The molecule has 1 aliphatic heterocycles. The summed E-state index contributed by atoms with van der Waals surface area (Å²) in [5.74, 6) is 2.35. The van der Waals surface area contributed by atoms with Gasteiger partial charge in [0.1, 0.15) is 5.76 Å². The lowest BCUT2D eigenvalue weighted by Gasteiger charge is -2.25. The first kappa shape index (κ1) is 24.4. The first-order valence-electron chi connectivity index (χ1n) is 12.5. The Morgan fingerprint density at radius 3 is 2.49 bits per heavy atom. The Bertz CT molecular complexity index is 1350. The summed E-state index contributed by atoms with van der Waals surface area (Å²) in [5.41, 5.74) is 3.01. The van der Waals surface area contributed by atoms with Crippen molar-refractivity contribution >= 4 is 17.7 Å². The maximum atomic E-state index is 12.7. The van der Waals surface area contributed by atoms with Crippen molar-refractivity contribution in [1.29, 1.82) is 0 Å². The average Bonchev–Trinajstić information content (AvgIpc) is 3.60. The molecule has 2 unspecified atom stereocenters. The minimum absolute atomic E-state index is 0.0795. The van der Waals surface area contributed by atoms with Crippen LogP contribution in [-0.4, -0.2) is 25.3 Å². The van der Waals surface area contributed by atoms with Gasteiger partial charge in [0.2, 0.25) is 6.79 Å². The SMILES string of the molecule is CC(NCC=Cc1ccccc1)C(Cc1ccc(C(=O)Nc2ccccc2)o1)c1ccc2c(c1)OCO2. The van der Waals surface area contributed by atoms with Crippen LogP contribution in [0.2, 0.25) is 0 Å². The van der Waals surface area contributed by atoms with E-state index in [2.05, 4.69) is 47.9 Å². The quantitative estimate of drug-likeness (QED) is 0.272. The molecule has 4 aromatic rings. The van der Waals surface area contributed by atoms with Crippen LogP contribution in [0.25, 0.3) is 6.08 Å². The van der Waals surface area contributed by atoms with Crippen molar-refractivity contribution in [3.63, 3.8) is 0 Å². The predicted molar refractivity (Wildman–Crippen MR) is 145 cm³/mol. The molecule has 1 amide bonds. The van der Waals surface area contributed by atoms with Crippen LogP contribution in [0, 0.1) is 0 Å². The normalized spacial score (nSPS) is 14.0. The molecule has 1 aliphatic rings. The highest BCUT2D eigenvalue weighted by Gasteiger charge is 2.24. The monoisotopic (exact) mass is 494 g/mol. The molecule has 2 atom stereocenters. The summed E-state index contributed by atoms with van der Waals surface area (Å²) in [7, 11) is 0. The molecule has 2 heterocycles. The van der Waals surface area contributed by atoms with Gasteiger partial charge in [-0.3, -0.25) is 4.79 Å². The third-order valence-electron chi connectivity index (χ3n) is 6.43. The van der Waals surface area contributed by atoms with Crippen LogP contribution >= 0.6 is 0 Å². The second kappa shape index (κ2) is 11.6. The van der Waals surface area contributed by atoms with Crippen LogP contribution in [0.4, 0.5) is 5.69 Å². The zero-order chi connectivity index (χ0) is 25.5. The van der Waals surface area contributed by atoms with E-state index in [1.54, 1.807) is 6.07 Å². The van der Waals surface area contributed by atoms with Gasteiger partial charge in [-0.15, -0.1) is 0 Å². The fourth-order valence-corrected chi connectivity index (χ4v) is 4.42. The lowest BCUT2D eigenvalue weighted by Crippen LogP contribution is -2.33. The first-order valence-corrected chi connectivity index (χ1v) is 12.5. The summed E-state index contributed by atoms with van der Waals surface area (Å²) in [5, 5.41) is 6.49. The number of para-hydroxylation sites is 1. The maximum Gasteiger partial charge on any atom is 0.291 e. The molecule has 3 aromatic carbocycles.